The molecule has 160 valence electrons. The molecule has 1 aromatic heterocycles. The zero-order chi connectivity index (χ0) is 21.1. The van der Waals surface area contributed by atoms with E-state index in [1.807, 2.05) is 0 Å². The second-order valence-electron chi connectivity index (χ2n) is 7.17. The predicted molar refractivity (Wildman–Crippen MR) is 111 cm³/mol. The lowest BCUT2D eigenvalue weighted by atomic mass is 9.97. The first kappa shape index (κ1) is 20.9. The number of anilines is 1. The number of sulfonamides is 1. The van der Waals surface area contributed by atoms with E-state index in [1.54, 1.807) is 24.4 Å². The standard InChI is InChI=1S/C20H22ClN3O5S/c21-19-16(3-1-8-22-19)23-20(25)14-6-9-24(10-7-14)30(26,27)15-4-5-17-18(13-15)29-12-2-11-28-17/h1,3-5,8,13-14H,2,6-7,9-12H2,(H,23,25). The van der Waals surface area contributed by atoms with E-state index in [0.29, 0.717) is 43.2 Å². The fourth-order valence-electron chi connectivity index (χ4n) is 3.53. The van der Waals surface area contributed by atoms with Crippen LogP contribution in [-0.4, -0.2) is 49.9 Å². The van der Waals surface area contributed by atoms with Crippen LogP contribution >= 0.6 is 11.6 Å². The van der Waals surface area contributed by atoms with Gasteiger partial charge >= 0.3 is 0 Å². The molecule has 0 spiro atoms. The summed E-state index contributed by atoms with van der Waals surface area (Å²) in [4.78, 5) is 16.6. The quantitative estimate of drug-likeness (QED) is 0.718. The van der Waals surface area contributed by atoms with Crippen molar-refractivity contribution in [2.75, 3.05) is 31.6 Å². The molecule has 0 atom stereocenters. The van der Waals surface area contributed by atoms with Crippen molar-refractivity contribution >= 4 is 33.2 Å². The van der Waals surface area contributed by atoms with Gasteiger partial charge in [0.25, 0.3) is 0 Å². The molecule has 2 aromatic rings. The SMILES string of the molecule is O=C(Nc1cccnc1Cl)C1CCN(S(=O)(=O)c2ccc3c(c2)OCCCO3)CC1. The number of pyridine rings is 1. The van der Waals surface area contributed by atoms with Crippen LogP contribution in [0.25, 0.3) is 0 Å². The molecule has 0 saturated carbocycles. The molecular formula is C20H22ClN3O5S. The molecule has 1 N–H and O–H groups in total. The Bertz CT molecular complexity index is 1040. The summed E-state index contributed by atoms with van der Waals surface area (Å²) >= 11 is 5.99. The number of rotatable bonds is 4. The van der Waals surface area contributed by atoms with E-state index in [0.717, 1.165) is 6.42 Å². The van der Waals surface area contributed by atoms with E-state index in [1.165, 1.54) is 16.4 Å². The number of amides is 1. The maximum absolute atomic E-state index is 13.1. The number of halogens is 1. The number of hydrogen-bond donors (Lipinski definition) is 1. The Morgan fingerprint density at radius 3 is 2.60 bits per heavy atom. The van der Waals surface area contributed by atoms with E-state index in [9.17, 15) is 13.2 Å². The highest BCUT2D eigenvalue weighted by molar-refractivity contribution is 7.89. The highest BCUT2D eigenvalue weighted by Gasteiger charge is 2.33. The van der Waals surface area contributed by atoms with Gasteiger partial charge in [-0.05, 0) is 37.1 Å². The van der Waals surface area contributed by atoms with E-state index in [4.69, 9.17) is 21.1 Å². The highest BCUT2D eigenvalue weighted by atomic mass is 35.5. The van der Waals surface area contributed by atoms with Gasteiger partial charge in [0.15, 0.2) is 16.7 Å². The van der Waals surface area contributed by atoms with Gasteiger partial charge in [-0.15, -0.1) is 0 Å². The summed E-state index contributed by atoms with van der Waals surface area (Å²) in [5.41, 5.74) is 0.450. The molecule has 3 heterocycles. The summed E-state index contributed by atoms with van der Waals surface area (Å²) in [6, 6.07) is 8.04. The molecular weight excluding hydrogens is 430 g/mol. The van der Waals surface area contributed by atoms with Crippen molar-refractivity contribution in [3.05, 3.63) is 41.7 Å². The number of piperidine rings is 1. The van der Waals surface area contributed by atoms with Crippen LogP contribution in [0.3, 0.4) is 0 Å². The first-order valence-corrected chi connectivity index (χ1v) is 11.6. The minimum atomic E-state index is -3.69. The molecule has 30 heavy (non-hydrogen) atoms. The van der Waals surface area contributed by atoms with Gasteiger partial charge in [-0.3, -0.25) is 4.79 Å². The Morgan fingerprint density at radius 2 is 1.87 bits per heavy atom. The van der Waals surface area contributed by atoms with Crippen LogP contribution < -0.4 is 14.8 Å². The summed E-state index contributed by atoms with van der Waals surface area (Å²) in [6.45, 7) is 1.54. The third kappa shape index (κ3) is 4.38. The molecule has 1 fully saturated rings. The summed E-state index contributed by atoms with van der Waals surface area (Å²) in [7, 11) is -3.69. The molecule has 8 nitrogen and oxygen atoms in total. The maximum Gasteiger partial charge on any atom is 0.243 e. The largest absolute Gasteiger partial charge is 0.490 e. The van der Waals surface area contributed by atoms with Gasteiger partial charge < -0.3 is 14.8 Å². The van der Waals surface area contributed by atoms with Gasteiger partial charge in [0.2, 0.25) is 15.9 Å². The van der Waals surface area contributed by atoms with Crippen LogP contribution in [0, 0.1) is 5.92 Å². The van der Waals surface area contributed by atoms with Crippen LogP contribution in [0.5, 0.6) is 11.5 Å². The lowest BCUT2D eigenvalue weighted by Crippen LogP contribution is -2.41. The Hall–Kier alpha value is -2.36. The Labute approximate surface area is 180 Å². The van der Waals surface area contributed by atoms with Gasteiger partial charge in [-0.2, -0.15) is 4.31 Å². The molecule has 1 aromatic carbocycles. The van der Waals surface area contributed by atoms with Gasteiger partial charge in [-0.25, -0.2) is 13.4 Å². The third-order valence-corrected chi connectivity index (χ3v) is 7.39. The Kier molecular flexibility index (Phi) is 6.12. The van der Waals surface area contributed by atoms with Gasteiger partial charge in [-0.1, -0.05) is 11.6 Å². The number of carbonyl (C=O) groups excluding carboxylic acids is 1. The second kappa shape index (κ2) is 8.79. The molecule has 0 unspecified atom stereocenters. The molecule has 4 rings (SSSR count). The van der Waals surface area contributed by atoms with Crippen LogP contribution in [0.15, 0.2) is 41.4 Å². The highest BCUT2D eigenvalue weighted by Crippen LogP contribution is 2.34. The molecule has 2 aliphatic heterocycles. The topological polar surface area (TPSA) is 97.8 Å². The number of hydrogen-bond acceptors (Lipinski definition) is 6. The predicted octanol–water partition coefficient (Wildman–Crippen LogP) is 2.94. The normalized spacial score (nSPS) is 17.9. The molecule has 2 aliphatic rings. The number of benzene rings is 1. The molecule has 0 aliphatic carbocycles. The van der Waals surface area contributed by atoms with Crippen LogP contribution in [0.1, 0.15) is 19.3 Å². The fraction of sp³-hybridized carbons (Fsp3) is 0.400. The summed E-state index contributed by atoms with van der Waals surface area (Å²) in [5.74, 6) is 0.515. The van der Waals surface area contributed by atoms with Gasteiger partial charge in [0.05, 0.1) is 23.8 Å². The van der Waals surface area contributed by atoms with E-state index in [-0.39, 0.29) is 35.0 Å². The minimum absolute atomic E-state index is 0.164. The summed E-state index contributed by atoms with van der Waals surface area (Å²) in [6.07, 6.45) is 3.14. The lowest BCUT2D eigenvalue weighted by Gasteiger charge is -2.30. The van der Waals surface area contributed by atoms with Crippen LogP contribution in [0.4, 0.5) is 5.69 Å². The fourth-order valence-corrected chi connectivity index (χ4v) is 5.18. The number of carbonyl (C=O) groups is 1. The van der Waals surface area contributed by atoms with Crippen molar-refractivity contribution in [2.24, 2.45) is 5.92 Å². The number of aromatic nitrogens is 1. The average Bonchev–Trinajstić information content (AvgIpc) is 3.00. The Morgan fingerprint density at radius 1 is 1.13 bits per heavy atom. The van der Waals surface area contributed by atoms with Gasteiger partial charge in [0, 0.05) is 37.7 Å². The number of nitrogens with zero attached hydrogens (tertiary/aromatic N) is 2. The smallest absolute Gasteiger partial charge is 0.243 e. The molecule has 10 heteroatoms. The molecule has 0 radical (unpaired) electrons. The van der Waals surface area contributed by atoms with E-state index in [2.05, 4.69) is 10.3 Å². The Balaban J connectivity index is 1.41. The van der Waals surface area contributed by atoms with E-state index >= 15 is 0 Å². The van der Waals surface area contributed by atoms with Crippen molar-refractivity contribution in [1.82, 2.24) is 9.29 Å². The van der Waals surface area contributed by atoms with Gasteiger partial charge in [0.1, 0.15) is 0 Å². The average molecular weight is 452 g/mol. The molecule has 0 bridgehead atoms. The second-order valence-corrected chi connectivity index (χ2v) is 9.46. The first-order chi connectivity index (χ1) is 14.4. The molecule has 1 amide bonds. The number of ether oxygens (including phenoxy) is 2. The number of fused-ring (bicyclic) bond motifs is 1. The van der Waals surface area contributed by atoms with Crippen molar-refractivity contribution < 1.29 is 22.7 Å². The molecule has 1 saturated heterocycles. The van der Waals surface area contributed by atoms with Crippen LogP contribution in [0.2, 0.25) is 5.15 Å². The van der Waals surface area contributed by atoms with E-state index < -0.39 is 10.0 Å². The minimum Gasteiger partial charge on any atom is -0.490 e. The first-order valence-electron chi connectivity index (χ1n) is 9.76. The maximum atomic E-state index is 13.1. The lowest BCUT2D eigenvalue weighted by molar-refractivity contribution is -0.120. The van der Waals surface area contributed by atoms with Crippen molar-refractivity contribution in [1.29, 1.82) is 0 Å². The van der Waals surface area contributed by atoms with Crippen molar-refractivity contribution in [3.8, 4) is 11.5 Å². The zero-order valence-electron chi connectivity index (χ0n) is 16.2. The number of nitrogens with one attached hydrogen (secondary N) is 1. The van der Waals surface area contributed by atoms with Crippen molar-refractivity contribution in [2.45, 2.75) is 24.2 Å². The summed E-state index contributed by atoms with van der Waals surface area (Å²) < 4.78 is 38.7. The zero-order valence-corrected chi connectivity index (χ0v) is 17.8. The monoisotopic (exact) mass is 451 g/mol. The third-order valence-electron chi connectivity index (χ3n) is 5.20. The van der Waals surface area contributed by atoms with Crippen molar-refractivity contribution in [3.63, 3.8) is 0 Å². The van der Waals surface area contributed by atoms with Crippen LogP contribution in [-0.2, 0) is 14.8 Å². The summed E-state index contributed by atoms with van der Waals surface area (Å²) in [5, 5.41) is 3.00.